The first-order valence-corrected chi connectivity index (χ1v) is 20.9. The SMILES string of the molecule is CCCc1nc2c(C)cc(-c3nc4ccccc4n3C)cc2n1Cc1ccc(-c2ccccc2C(=O)OC(C)OC(=O)O[C@@H](C)CCCCO/N=[N+](\[O-])N(C)C(C)(C)C)cc1. The van der Waals surface area contributed by atoms with E-state index in [9.17, 15) is 14.8 Å². The minimum Gasteiger partial charge on any atom is -0.569 e. The normalized spacial score (nSPS) is 13.0. The third-order valence-corrected chi connectivity index (χ3v) is 10.7. The van der Waals surface area contributed by atoms with Crippen molar-refractivity contribution >= 4 is 34.2 Å². The van der Waals surface area contributed by atoms with Crippen molar-refractivity contribution in [1.82, 2.24) is 24.1 Å². The molecule has 6 rings (SSSR count). The third-order valence-electron chi connectivity index (χ3n) is 10.7. The van der Waals surface area contributed by atoms with Gasteiger partial charge in [-0.05, 0) is 113 Å². The highest BCUT2D eigenvalue weighted by Crippen LogP contribution is 2.31. The van der Waals surface area contributed by atoms with Gasteiger partial charge in [0, 0.05) is 32.5 Å². The highest BCUT2D eigenvalue weighted by atomic mass is 16.8. The van der Waals surface area contributed by atoms with Crippen molar-refractivity contribution in [3.05, 3.63) is 113 Å². The molecule has 14 heteroatoms. The topological polar surface area (TPSA) is 148 Å². The van der Waals surface area contributed by atoms with Gasteiger partial charge in [-0.2, -0.15) is 0 Å². The van der Waals surface area contributed by atoms with Gasteiger partial charge in [-0.3, -0.25) is 0 Å². The summed E-state index contributed by atoms with van der Waals surface area (Å²) in [7, 11) is 3.68. The Hall–Kier alpha value is -6.44. The highest BCUT2D eigenvalue weighted by molar-refractivity contribution is 5.97. The largest absolute Gasteiger partial charge is 0.569 e. The number of aromatic nitrogens is 4. The Labute approximate surface area is 357 Å². The number of hydrogen-bond acceptors (Lipinski definition) is 10. The minimum atomic E-state index is -1.19. The van der Waals surface area contributed by atoms with E-state index in [0.717, 1.165) is 68.8 Å². The zero-order valence-electron chi connectivity index (χ0n) is 36.7. The highest BCUT2D eigenvalue weighted by Gasteiger charge is 2.25. The number of aryl methyl sites for hydroxylation is 3. The molecule has 0 amide bonds. The van der Waals surface area contributed by atoms with E-state index in [4.69, 9.17) is 29.0 Å². The number of hydrogen-bond donors (Lipinski definition) is 0. The van der Waals surface area contributed by atoms with Crippen LogP contribution in [0.15, 0.2) is 90.2 Å². The molecule has 0 saturated heterocycles. The second-order valence-corrected chi connectivity index (χ2v) is 16.4. The molecule has 0 aliphatic carbocycles. The molecule has 0 radical (unpaired) electrons. The Kier molecular flexibility index (Phi) is 14.0. The number of ether oxygens (including phenoxy) is 3. The lowest BCUT2D eigenvalue weighted by Gasteiger charge is -2.26. The molecule has 2 heterocycles. The van der Waals surface area contributed by atoms with Crippen LogP contribution in [0, 0.1) is 12.1 Å². The van der Waals surface area contributed by atoms with E-state index in [1.807, 2.05) is 63.2 Å². The van der Waals surface area contributed by atoms with E-state index < -0.39 is 30.1 Å². The third kappa shape index (κ3) is 10.7. The molecule has 4 aromatic carbocycles. The van der Waals surface area contributed by atoms with Crippen molar-refractivity contribution in [2.24, 2.45) is 12.3 Å². The number of imidazole rings is 2. The van der Waals surface area contributed by atoms with Crippen LogP contribution in [-0.4, -0.2) is 72.8 Å². The zero-order valence-corrected chi connectivity index (χ0v) is 36.7. The molecular weight excluding hydrogens is 775 g/mol. The summed E-state index contributed by atoms with van der Waals surface area (Å²) in [4.78, 5) is 41.6. The van der Waals surface area contributed by atoms with E-state index in [-0.39, 0.29) is 6.61 Å². The van der Waals surface area contributed by atoms with Crippen molar-refractivity contribution in [2.45, 2.75) is 105 Å². The van der Waals surface area contributed by atoms with Crippen molar-refractivity contribution in [2.75, 3.05) is 13.7 Å². The number of carbonyl (C=O) groups excluding carboxylic acids is 2. The molecule has 14 nitrogen and oxygen atoms in total. The minimum absolute atomic E-state index is 0.238. The summed E-state index contributed by atoms with van der Waals surface area (Å²) >= 11 is 0. The van der Waals surface area contributed by atoms with Crippen LogP contribution in [0.25, 0.3) is 44.6 Å². The number of unbranched alkanes of at least 4 members (excludes halogenated alkanes) is 1. The number of rotatable bonds is 17. The number of esters is 1. The fourth-order valence-corrected chi connectivity index (χ4v) is 7.07. The van der Waals surface area contributed by atoms with Gasteiger partial charge in [-0.25, -0.2) is 19.6 Å². The molecule has 0 bridgehead atoms. The van der Waals surface area contributed by atoms with Gasteiger partial charge in [0.15, 0.2) is 0 Å². The van der Waals surface area contributed by atoms with Crippen molar-refractivity contribution in [1.29, 1.82) is 0 Å². The maximum atomic E-state index is 13.4. The summed E-state index contributed by atoms with van der Waals surface area (Å²) < 4.78 is 20.6. The monoisotopic (exact) mass is 831 g/mol. The number of hydrazine groups is 1. The molecule has 2 aromatic heterocycles. The van der Waals surface area contributed by atoms with E-state index in [1.165, 1.54) is 11.9 Å². The van der Waals surface area contributed by atoms with Crippen LogP contribution in [0.5, 0.6) is 0 Å². The van der Waals surface area contributed by atoms with Gasteiger partial charge < -0.3 is 33.4 Å². The fourth-order valence-electron chi connectivity index (χ4n) is 7.07. The van der Waals surface area contributed by atoms with Crippen molar-refractivity contribution in [3.63, 3.8) is 0 Å². The number of para-hydroxylation sites is 2. The molecule has 0 fully saturated rings. The van der Waals surface area contributed by atoms with Gasteiger partial charge >= 0.3 is 12.1 Å². The molecule has 0 saturated carbocycles. The summed E-state index contributed by atoms with van der Waals surface area (Å²) in [6.07, 6.45) is 1.00. The van der Waals surface area contributed by atoms with Crippen LogP contribution >= 0.6 is 0 Å². The second-order valence-electron chi connectivity index (χ2n) is 16.4. The van der Waals surface area contributed by atoms with Gasteiger partial charge in [0.2, 0.25) is 11.6 Å². The molecule has 6 aromatic rings. The quantitative estimate of drug-likeness (QED) is 0.0217. The lowest BCUT2D eigenvalue weighted by molar-refractivity contribution is -0.719. The van der Waals surface area contributed by atoms with Crippen LogP contribution in [0.3, 0.4) is 0 Å². The zero-order chi connectivity index (χ0) is 43.8. The van der Waals surface area contributed by atoms with Crippen molar-refractivity contribution < 1.29 is 33.6 Å². The average molecular weight is 832 g/mol. The summed E-state index contributed by atoms with van der Waals surface area (Å²) in [6.45, 7) is 14.0. The maximum Gasteiger partial charge on any atom is 0.511 e. The first-order valence-electron chi connectivity index (χ1n) is 20.9. The van der Waals surface area contributed by atoms with E-state index in [0.29, 0.717) is 41.9 Å². The van der Waals surface area contributed by atoms with Crippen LogP contribution in [0.2, 0.25) is 0 Å². The van der Waals surface area contributed by atoms with Gasteiger partial charge in [-0.15, -0.1) is 5.01 Å². The Morgan fingerprint density at radius 1 is 0.902 bits per heavy atom. The number of carbonyl (C=O) groups is 2. The van der Waals surface area contributed by atoms with Crippen LogP contribution in [-0.2, 0) is 39.1 Å². The standard InChI is InChI=1S/C47H57N7O7/c1-10-17-42-49-43-31(2)28-36(44-48-39-21-13-14-22-40(39)51(44)8)29-41(43)53(42)30-34-23-25-35(26-24-34)37-19-11-12-20-38(37)45(55)60-33(4)61-46(56)59-32(3)18-15-16-27-58-50-54(57)52(9)47(5,6)7/h11-14,19-26,28-29,32-33H,10,15-18,27,30H2,1-9H3/b54-50-/t32-,33?/m0/s1. The Morgan fingerprint density at radius 3 is 2.34 bits per heavy atom. The van der Waals surface area contributed by atoms with E-state index >= 15 is 0 Å². The molecule has 1 unspecified atom stereocenters. The summed E-state index contributed by atoms with van der Waals surface area (Å²) in [5.41, 5.74) is 8.77. The van der Waals surface area contributed by atoms with Crippen LogP contribution in [0.4, 0.5) is 4.79 Å². The predicted molar refractivity (Wildman–Crippen MR) is 234 cm³/mol. The molecule has 322 valence electrons. The fraction of sp³-hybridized carbons (Fsp3) is 0.404. The molecular formula is C47H57N7O7. The lowest BCUT2D eigenvalue weighted by Crippen LogP contribution is -2.42. The average Bonchev–Trinajstić information content (AvgIpc) is 3.75. The summed E-state index contributed by atoms with van der Waals surface area (Å²) in [6, 6.07) is 27.9. The van der Waals surface area contributed by atoms with Crippen molar-refractivity contribution in [3.8, 4) is 22.5 Å². The van der Waals surface area contributed by atoms with E-state index in [1.54, 1.807) is 26.1 Å². The Balaban J connectivity index is 1.06. The Morgan fingerprint density at radius 2 is 1.62 bits per heavy atom. The molecule has 2 atom stereocenters. The van der Waals surface area contributed by atoms with E-state index in [2.05, 4.69) is 65.6 Å². The molecule has 0 aliphatic rings. The second kappa shape index (κ2) is 19.3. The lowest BCUT2D eigenvalue weighted by atomic mass is 9.98. The van der Waals surface area contributed by atoms with Gasteiger partial charge in [0.05, 0.1) is 45.2 Å². The Bertz CT molecular complexity index is 2500. The van der Waals surface area contributed by atoms with Gasteiger partial charge in [0.25, 0.3) is 0 Å². The first kappa shape index (κ1) is 44.1. The number of benzene rings is 4. The molecule has 61 heavy (non-hydrogen) atoms. The maximum absolute atomic E-state index is 13.4. The molecule has 0 aliphatic heterocycles. The van der Waals surface area contributed by atoms with Gasteiger partial charge in [0.1, 0.15) is 24.4 Å². The summed E-state index contributed by atoms with van der Waals surface area (Å²) in [5, 5.41) is 17.0. The first-order chi connectivity index (χ1) is 29.1. The molecule has 0 spiro atoms. The summed E-state index contributed by atoms with van der Waals surface area (Å²) in [5.74, 6) is 1.30. The van der Waals surface area contributed by atoms with Gasteiger partial charge in [-0.1, -0.05) is 61.5 Å². The predicted octanol–water partition coefficient (Wildman–Crippen LogP) is 10.3. The van der Waals surface area contributed by atoms with Crippen LogP contribution in [0.1, 0.15) is 94.5 Å². The van der Waals surface area contributed by atoms with Crippen LogP contribution < -0.4 is 0 Å². The number of nitrogens with zero attached hydrogens (tertiary/aromatic N) is 7. The smallest absolute Gasteiger partial charge is 0.511 e. The number of fused-ring (bicyclic) bond motifs is 2. The molecule has 0 N–H and O–H groups in total.